The summed E-state index contributed by atoms with van der Waals surface area (Å²) in [6.45, 7) is 3.89. The van der Waals surface area contributed by atoms with Gasteiger partial charge < -0.3 is 15.2 Å². The van der Waals surface area contributed by atoms with Crippen molar-refractivity contribution in [3.8, 4) is 0 Å². The van der Waals surface area contributed by atoms with E-state index in [-0.39, 0.29) is 0 Å². The molecule has 0 bridgehead atoms. The predicted octanol–water partition coefficient (Wildman–Crippen LogP) is 1.77. The van der Waals surface area contributed by atoms with E-state index in [0.29, 0.717) is 18.2 Å². The number of rotatable bonds is 6. The lowest BCUT2D eigenvalue weighted by Gasteiger charge is -2.42. The van der Waals surface area contributed by atoms with E-state index in [2.05, 4.69) is 4.90 Å². The monoisotopic (exact) mass is 270 g/mol. The van der Waals surface area contributed by atoms with Crippen LogP contribution in [0.1, 0.15) is 44.9 Å². The van der Waals surface area contributed by atoms with Crippen molar-refractivity contribution in [3.05, 3.63) is 0 Å². The Hall–Kier alpha value is -0.160. The third-order valence-corrected chi connectivity index (χ3v) is 4.62. The zero-order valence-electron chi connectivity index (χ0n) is 12.4. The van der Waals surface area contributed by atoms with E-state index in [4.69, 9.17) is 15.2 Å². The first-order valence-corrected chi connectivity index (χ1v) is 7.93. The van der Waals surface area contributed by atoms with Gasteiger partial charge in [-0.3, -0.25) is 4.90 Å². The highest BCUT2D eigenvalue weighted by molar-refractivity contribution is 4.87. The number of likely N-dealkylation sites (tertiary alicyclic amines) is 1. The maximum Gasteiger partial charge on any atom is 0.0726 e. The number of hydrogen-bond donors (Lipinski definition) is 1. The molecule has 0 aromatic rings. The minimum absolute atomic E-state index is 0.448. The Morgan fingerprint density at radius 3 is 2.53 bits per heavy atom. The predicted molar refractivity (Wildman–Crippen MR) is 77.3 cm³/mol. The standard InChI is InChI=1S/C15H30N2O2/c1-18-15-6-3-2-5-14(15)17-10-7-13(8-11-17)19-12-4-9-16/h13-15H,2-12,16H2,1H3. The molecule has 2 N–H and O–H groups in total. The van der Waals surface area contributed by atoms with Gasteiger partial charge in [0.2, 0.25) is 0 Å². The zero-order chi connectivity index (χ0) is 13.5. The fraction of sp³-hybridized carbons (Fsp3) is 1.00. The van der Waals surface area contributed by atoms with E-state index in [9.17, 15) is 0 Å². The van der Waals surface area contributed by atoms with Crippen LogP contribution >= 0.6 is 0 Å². The van der Waals surface area contributed by atoms with Gasteiger partial charge in [-0.25, -0.2) is 0 Å². The van der Waals surface area contributed by atoms with Crippen LogP contribution in [0.15, 0.2) is 0 Å². The second-order valence-electron chi connectivity index (χ2n) is 5.87. The maximum atomic E-state index is 5.87. The van der Waals surface area contributed by atoms with E-state index in [1.54, 1.807) is 0 Å². The van der Waals surface area contributed by atoms with Gasteiger partial charge in [-0.2, -0.15) is 0 Å². The number of nitrogens with zero attached hydrogens (tertiary/aromatic N) is 1. The first-order chi connectivity index (χ1) is 9.35. The average molecular weight is 270 g/mol. The minimum atomic E-state index is 0.448. The number of ether oxygens (including phenoxy) is 2. The van der Waals surface area contributed by atoms with E-state index >= 15 is 0 Å². The number of hydrogen-bond acceptors (Lipinski definition) is 4. The van der Waals surface area contributed by atoms with Crippen LogP contribution in [0.2, 0.25) is 0 Å². The third kappa shape index (κ3) is 4.42. The van der Waals surface area contributed by atoms with Gasteiger partial charge in [-0.15, -0.1) is 0 Å². The fourth-order valence-corrected chi connectivity index (χ4v) is 3.48. The summed E-state index contributed by atoms with van der Waals surface area (Å²) in [6, 6.07) is 0.642. The van der Waals surface area contributed by atoms with Gasteiger partial charge in [0.15, 0.2) is 0 Å². The van der Waals surface area contributed by atoms with Crippen LogP contribution in [-0.2, 0) is 9.47 Å². The Morgan fingerprint density at radius 2 is 1.84 bits per heavy atom. The lowest BCUT2D eigenvalue weighted by Crippen LogP contribution is -2.50. The first-order valence-electron chi connectivity index (χ1n) is 7.93. The molecule has 2 aliphatic rings. The summed E-state index contributed by atoms with van der Waals surface area (Å²) in [5.41, 5.74) is 5.49. The molecule has 0 aromatic carbocycles. The van der Waals surface area contributed by atoms with Crippen molar-refractivity contribution in [1.82, 2.24) is 4.90 Å². The van der Waals surface area contributed by atoms with Gasteiger partial charge >= 0.3 is 0 Å². The lowest BCUT2D eigenvalue weighted by molar-refractivity contribution is -0.0470. The highest BCUT2D eigenvalue weighted by Gasteiger charge is 2.32. The Kier molecular flexibility index (Phi) is 6.57. The molecule has 2 unspecified atom stereocenters. The quantitative estimate of drug-likeness (QED) is 0.747. The summed E-state index contributed by atoms with van der Waals surface area (Å²) in [7, 11) is 1.87. The van der Waals surface area contributed by atoms with E-state index in [0.717, 1.165) is 45.5 Å². The van der Waals surface area contributed by atoms with Gasteiger partial charge in [0.05, 0.1) is 12.2 Å². The summed E-state index contributed by atoms with van der Waals surface area (Å²) < 4.78 is 11.6. The molecule has 1 saturated heterocycles. The van der Waals surface area contributed by atoms with Crippen LogP contribution in [0.4, 0.5) is 0 Å². The average Bonchev–Trinajstić information content (AvgIpc) is 2.48. The van der Waals surface area contributed by atoms with E-state index in [1.165, 1.54) is 25.7 Å². The van der Waals surface area contributed by atoms with Gasteiger partial charge in [0.25, 0.3) is 0 Å². The molecule has 19 heavy (non-hydrogen) atoms. The van der Waals surface area contributed by atoms with E-state index < -0.39 is 0 Å². The minimum Gasteiger partial charge on any atom is -0.380 e. The summed E-state index contributed by atoms with van der Waals surface area (Å²) in [5, 5.41) is 0. The molecule has 112 valence electrons. The molecule has 0 spiro atoms. The maximum absolute atomic E-state index is 5.87. The normalized spacial score (nSPS) is 30.6. The highest BCUT2D eigenvalue weighted by atomic mass is 16.5. The zero-order valence-corrected chi connectivity index (χ0v) is 12.4. The van der Waals surface area contributed by atoms with Crippen molar-refractivity contribution < 1.29 is 9.47 Å². The van der Waals surface area contributed by atoms with Gasteiger partial charge in [0.1, 0.15) is 0 Å². The molecule has 2 rings (SSSR count). The second-order valence-corrected chi connectivity index (χ2v) is 5.87. The molecule has 1 aliphatic heterocycles. The Morgan fingerprint density at radius 1 is 1.11 bits per heavy atom. The molecule has 1 heterocycles. The van der Waals surface area contributed by atoms with Crippen molar-refractivity contribution in [1.29, 1.82) is 0 Å². The lowest BCUT2D eigenvalue weighted by atomic mass is 9.89. The Balaban J connectivity index is 1.72. The second kappa shape index (κ2) is 8.20. The SMILES string of the molecule is COC1CCCCC1N1CCC(OCCCN)CC1. The number of methoxy groups -OCH3 is 1. The summed E-state index contributed by atoms with van der Waals surface area (Å²) in [5.74, 6) is 0. The molecule has 2 atom stereocenters. The Bertz CT molecular complexity index is 242. The van der Waals surface area contributed by atoms with Gasteiger partial charge in [-0.05, 0) is 38.6 Å². The first kappa shape index (κ1) is 15.2. The smallest absolute Gasteiger partial charge is 0.0726 e. The summed E-state index contributed by atoms with van der Waals surface area (Å²) >= 11 is 0. The molecule has 0 aromatic heterocycles. The molecule has 1 saturated carbocycles. The van der Waals surface area contributed by atoms with Crippen molar-refractivity contribution >= 4 is 0 Å². The van der Waals surface area contributed by atoms with Gasteiger partial charge in [0, 0.05) is 32.8 Å². The topological polar surface area (TPSA) is 47.7 Å². The van der Waals surface area contributed by atoms with E-state index in [1.807, 2.05) is 7.11 Å². The van der Waals surface area contributed by atoms with Crippen LogP contribution in [0.5, 0.6) is 0 Å². The van der Waals surface area contributed by atoms with Crippen LogP contribution in [0, 0.1) is 0 Å². The van der Waals surface area contributed by atoms with Crippen LogP contribution in [-0.4, -0.2) is 56.5 Å². The van der Waals surface area contributed by atoms with Crippen molar-refractivity contribution in [2.75, 3.05) is 33.4 Å². The summed E-state index contributed by atoms with van der Waals surface area (Å²) in [4.78, 5) is 2.64. The molecule has 1 aliphatic carbocycles. The Labute approximate surface area is 117 Å². The van der Waals surface area contributed by atoms with Crippen molar-refractivity contribution in [2.24, 2.45) is 5.73 Å². The van der Waals surface area contributed by atoms with Crippen LogP contribution in [0.3, 0.4) is 0 Å². The number of nitrogens with two attached hydrogens (primary N) is 1. The number of piperidine rings is 1. The molecule has 4 nitrogen and oxygen atoms in total. The fourth-order valence-electron chi connectivity index (χ4n) is 3.48. The molecular weight excluding hydrogens is 240 g/mol. The molecule has 4 heteroatoms. The van der Waals surface area contributed by atoms with Crippen LogP contribution in [0.25, 0.3) is 0 Å². The molecular formula is C15H30N2O2. The highest BCUT2D eigenvalue weighted by Crippen LogP contribution is 2.28. The van der Waals surface area contributed by atoms with Crippen molar-refractivity contribution in [3.63, 3.8) is 0 Å². The third-order valence-electron chi connectivity index (χ3n) is 4.62. The molecule has 2 fully saturated rings. The van der Waals surface area contributed by atoms with Crippen LogP contribution < -0.4 is 5.73 Å². The summed E-state index contributed by atoms with van der Waals surface area (Å²) in [6.07, 6.45) is 9.43. The van der Waals surface area contributed by atoms with Gasteiger partial charge in [-0.1, -0.05) is 12.8 Å². The molecule has 0 amide bonds. The van der Waals surface area contributed by atoms with Crippen molar-refractivity contribution in [2.45, 2.75) is 63.2 Å². The largest absolute Gasteiger partial charge is 0.380 e. The molecule has 0 radical (unpaired) electrons.